The Balaban J connectivity index is 1.91. The lowest BCUT2D eigenvalue weighted by Crippen LogP contribution is -2.43. The quantitative estimate of drug-likeness (QED) is 0.847. The first-order chi connectivity index (χ1) is 8.60. The van der Waals surface area contributed by atoms with E-state index in [4.69, 9.17) is 5.11 Å². The molecule has 2 rings (SSSR count). The zero-order valence-corrected chi connectivity index (χ0v) is 10.4. The molecule has 0 atom stereocenters. The molecule has 0 aliphatic carbocycles. The predicted molar refractivity (Wildman–Crippen MR) is 68.3 cm³/mol. The average Bonchev–Trinajstić information content (AvgIpc) is 2.39. The SMILES string of the molecule is O=C(O)CCN1CCC(O)(c2ccccc2)CC1. The Morgan fingerprint density at radius 3 is 2.39 bits per heavy atom. The lowest BCUT2D eigenvalue weighted by molar-refractivity contribution is -0.137. The molecule has 1 aromatic rings. The number of benzene rings is 1. The van der Waals surface area contributed by atoms with Crippen LogP contribution in [0.5, 0.6) is 0 Å². The van der Waals surface area contributed by atoms with Crippen molar-refractivity contribution in [3.05, 3.63) is 35.9 Å². The summed E-state index contributed by atoms with van der Waals surface area (Å²) in [5.74, 6) is -0.765. The Bertz CT molecular complexity index is 397. The first-order valence-corrected chi connectivity index (χ1v) is 6.32. The monoisotopic (exact) mass is 249 g/mol. The van der Waals surface area contributed by atoms with Gasteiger partial charge in [0.15, 0.2) is 0 Å². The molecule has 98 valence electrons. The third kappa shape index (κ3) is 3.09. The van der Waals surface area contributed by atoms with Crippen LogP contribution in [0.2, 0.25) is 0 Å². The minimum absolute atomic E-state index is 0.170. The van der Waals surface area contributed by atoms with Gasteiger partial charge in [0.25, 0.3) is 0 Å². The molecule has 0 radical (unpaired) electrons. The van der Waals surface area contributed by atoms with Crippen LogP contribution in [0.4, 0.5) is 0 Å². The van der Waals surface area contributed by atoms with Crippen LogP contribution in [0.15, 0.2) is 30.3 Å². The summed E-state index contributed by atoms with van der Waals surface area (Å²) in [6.07, 6.45) is 1.50. The van der Waals surface area contributed by atoms with Gasteiger partial charge in [-0.1, -0.05) is 30.3 Å². The van der Waals surface area contributed by atoms with Crippen LogP contribution in [-0.2, 0) is 10.4 Å². The van der Waals surface area contributed by atoms with Crippen LogP contribution in [-0.4, -0.2) is 40.7 Å². The number of nitrogens with zero attached hydrogens (tertiary/aromatic N) is 1. The number of likely N-dealkylation sites (tertiary alicyclic amines) is 1. The highest BCUT2D eigenvalue weighted by Gasteiger charge is 2.33. The Kier molecular flexibility index (Phi) is 3.99. The molecular formula is C14H19NO3. The van der Waals surface area contributed by atoms with E-state index >= 15 is 0 Å². The van der Waals surface area contributed by atoms with Gasteiger partial charge in [0.2, 0.25) is 0 Å². The molecular weight excluding hydrogens is 230 g/mol. The van der Waals surface area contributed by atoms with Gasteiger partial charge in [-0.15, -0.1) is 0 Å². The molecule has 1 aliphatic rings. The summed E-state index contributed by atoms with van der Waals surface area (Å²) in [6.45, 7) is 2.07. The second kappa shape index (κ2) is 5.50. The Morgan fingerprint density at radius 1 is 1.22 bits per heavy atom. The average molecular weight is 249 g/mol. The van der Waals surface area contributed by atoms with Gasteiger partial charge >= 0.3 is 5.97 Å². The molecule has 0 saturated carbocycles. The van der Waals surface area contributed by atoms with E-state index in [0.29, 0.717) is 19.4 Å². The molecule has 4 nitrogen and oxygen atoms in total. The highest BCUT2D eigenvalue weighted by Crippen LogP contribution is 2.32. The molecule has 0 bridgehead atoms. The Hall–Kier alpha value is -1.39. The molecule has 18 heavy (non-hydrogen) atoms. The Morgan fingerprint density at radius 2 is 1.83 bits per heavy atom. The van der Waals surface area contributed by atoms with Crippen molar-refractivity contribution in [2.24, 2.45) is 0 Å². The molecule has 1 heterocycles. The van der Waals surface area contributed by atoms with Crippen molar-refractivity contribution in [2.45, 2.75) is 24.9 Å². The highest BCUT2D eigenvalue weighted by molar-refractivity contribution is 5.66. The molecule has 0 unspecified atom stereocenters. The number of rotatable bonds is 4. The molecule has 1 aromatic carbocycles. The maximum Gasteiger partial charge on any atom is 0.304 e. The van der Waals surface area contributed by atoms with Gasteiger partial charge in [-0.2, -0.15) is 0 Å². The smallest absolute Gasteiger partial charge is 0.304 e. The fourth-order valence-corrected chi connectivity index (χ4v) is 2.44. The van der Waals surface area contributed by atoms with Gasteiger partial charge in [-0.3, -0.25) is 4.79 Å². The van der Waals surface area contributed by atoms with E-state index in [0.717, 1.165) is 18.7 Å². The largest absolute Gasteiger partial charge is 0.481 e. The number of hydrogen-bond acceptors (Lipinski definition) is 3. The van der Waals surface area contributed by atoms with Crippen molar-refractivity contribution in [1.29, 1.82) is 0 Å². The van der Waals surface area contributed by atoms with Crippen molar-refractivity contribution >= 4 is 5.97 Å². The van der Waals surface area contributed by atoms with E-state index in [1.54, 1.807) is 0 Å². The topological polar surface area (TPSA) is 60.8 Å². The molecule has 4 heteroatoms. The number of hydrogen-bond donors (Lipinski definition) is 2. The van der Waals surface area contributed by atoms with E-state index in [-0.39, 0.29) is 6.42 Å². The molecule has 1 aliphatic heterocycles. The van der Waals surface area contributed by atoms with E-state index in [1.165, 1.54) is 0 Å². The normalized spacial score (nSPS) is 19.6. The van der Waals surface area contributed by atoms with Crippen molar-refractivity contribution in [1.82, 2.24) is 4.90 Å². The standard InChI is InChI=1S/C14H19NO3/c16-13(17)6-9-15-10-7-14(18,8-11-15)12-4-2-1-3-5-12/h1-5,18H,6-11H2,(H,16,17). The number of carboxylic acid groups (broad SMARTS) is 1. The highest BCUT2D eigenvalue weighted by atomic mass is 16.4. The fourth-order valence-electron chi connectivity index (χ4n) is 2.44. The zero-order valence-electron chi connectivity index (χ0n) is 10.4. The van der Waals surface area contributed by atoms with E-state index in [1.807, 2.05) is 30.3 Å². The Labute approximate surface area is 107 Å². The van der Waals surface area contributed by atoms with Crippen LogP contribution in [0.3, 0.4) is 0 Å². The lowest BCUT2D eigenvalue weighted by Gasteiger charge is -2.38. The number of aliphatic hydroxyl groups is 1. The number of piperidine rings is 1. The summed E-state index contributed by atoms with van der Waals surface area (Å²) < 4.78 is 0. The summed E-state index contributed by atoms with van der Waals surface area (Å²) in [5, 5.41) is 19.2. The maximum atomic E-state index is 10.6. The van der Waals surface area contributed by atoms with E-state index in [2.05, 4.69) is 4.90 Å². The molecule has 2 N–H and O–H groups in total. The summed E-state index contributed by atoms with van der Waals surface area (Å²) in [6, 6.07) is 9.71. The zero-order chi connectivity index (χ0) is 13.0. The van der Waals surface area contributed by atoms with Gasteiger partial charge in [0.1, 0.15) is 0 Å². The number of carboxylic acids is 1. The van der Waals surface area contributed by atoms with Crippen LogP contribution in [0, 0.1) is 0 Å². The van der Waals surface area contributed by atoms with Gasteiger partial charge < -0.3 is 15.1 Å². The number of carbonyl (C=O) groups is 1. The minimum Gasteiger partial charge on any atom is -0.481 e. The van der Waals surface area contributed by atoms with Crippen LogP contribution < -0.4 is 0 Å². The van der Waals surface area contributed by atoms with Gasteiger partial charge in [-0.05, 0) is 18.4 Å². The van der Waals surface area contributed by atoms with Gasteiger partial charge in [-0.25, -0.2) is 0 Å². The first kappa shape index (κ1) is 13.1. The van der Waals surface area contributed by atoms with Crippen LogP contribution in [0.1, 0.15) is 24.8 Å². The molecule has 0 amide bonds. The molecule has 0 aromatic heterocycles. The molecule has 1 saturated heterocycles. The second-order valence-electron chi connectivity index (χ2n) is 4.88. The molecule has 1 fully saturated rings. The van der Waals surface area contributed by atoms with Crippen LogP contribution in [0.25, 0.3) is 0 Å². The summed E-state index contributed by atoms with van der Waals surface area (Å²) >= 11 is 0. The van der Waals surface area contributed by atoms with Crippen molar-refractivity contribution in [3.63, 3.8) is 0 Å². The van der Waals surface area contributed by atoms with Gasteiger partial charge in [0.05, 0.1) is 12.0 Å². The van der Waals surface area contributed by atoms with Crippen molar-refractivity contribution in [2.75, 3.05) is 19.6 Å². The predicted octanol–water partition coefficient (Wildman–Crippen LogP) is 1.44. The van der Waals surface area contributed by atoms with Gasteiger partial charge in [0, 0.05) is 19.6 Å². The summed E-state index contributed by atoms with van der Waals surface area (Å²) in [7, 11) is 0. The summed E-state index contributed by atoms with van der Waals surface area (Å²) in [5.41, 5.74) is 0.212. The first-order valence-electron chi connectivity index (χ1n) is 6.32. The van der Waals surface area contributed by atoms with Crippen LogP contribution >= 0.6 is 0 Å². The maximum absolute atomic E-state index is 10.6. The van der Waals surface area contributed by atoms with E-state index < -0.39 is 11.6 Å². The fraction of sp³-hybridized carbons (Fsp3) is 0.500. The van der Waals surface area contributed by atoms with E-state index in [9.17, 15) is 9.90 Å². The third-order valence-electron chi connectivity index (χ3n) is 3.64. The lowest BCUT2D eigenvalue weighted by atomic mass is 9.84. The van der Waals surface area contributed by atoms with Crippen molar-refractivity contribution < 1.29 is 15.0 Å². The minimum atomic E-state index is -0.765. The van der Waals surface area contributed by atoms with Crippen molar-refractivity contribution in [3.8, 4) is 0 Å². The number of aliphatic carboxylic acids is 1. The second-order valence-corrected chi connectivity index (χ2v) is 4.88. The summed E-state index contributed by atoms with van der Waals surface area (Å²) in [4.78, 5) is 12.6. The third-order valence-corrected chi connectivity index (χ3v) is 3.64. The molecule has 0 spiro atoms.